The van der Waals surface area contributed by atoms with Crippen molar-refractivity contribution in [3.63, 3.8) is 0 Å². The maximum atomic E-state index is 3.41. The standard InChI is InChI=1S/C15H19N/c1-10(2)14-12(4)9-16-15(14)13-8-6-5-7-11(13)3/h5-10,16H,1-4H3. The van der Waals surface area contributed by atoms with Gasteiger partial charge in [-0.1, -0.05) is 38.1 Å². The van der Waals surface area contributed by atoms with Crippen LogP contribution in [0, 0.1) is 13.8 Å². The Hall–Kier alpha value is -1.50. The van der Waals surface area contributed by atoms with Crippen LogP contribution in [0.25, 0.3) is 11.3 Å². The van der Waals surface area contributed by atoms with Gasteiger partial charge in [-0.25, -0.2) is 0 Å². The van der Waals surface area contributed by atoms with Gasteiger partial charge in [0.25, 0.3) is 0 Å². The van der Waals surface area contributed by atoms with Gasteiger partial charge in [0.1, 0.15) is 0 Å². The molecule has 0 aliphatic heterocycles. The maximum Gasteiger partial charge on any atom is 0.0494 e. The van der Waals surface area contributed by atoms with Crippen LogP contribution in [0.15, 0.2) is 30.5 Å². The minimum Gasteiger partial charge on any atom is -0.361 e. The van der Waals surface area contributed by atoms with E-state index < -0.39 is 0 Å². The first-order valence-electron chi connectivity index (χ1n) is 5.85. The fraction of sp³-hybridized carbons (Fsp3) is 0.333. The highest BCUT2D eigenvalue weighted by atomic mass is 14.7. The van der Waals surface area contributed by atoms with E-state index >= 15 is 0 Å². The zero-order chi connectivity index (χ0) is 11.7. The van der Waals surface area contributed by atoms with E-state index in [1.165, 1.54) is 27.9 Å². The number of H-pyrrole nitrogens is 1. The van der Waals surface area contributed by atoms with Gasteiger partial charge in [-0.15, -0.1) is 0 Å². The van der Waals surface area contributed by atoms with Crippen LogP contribution in [-0.2, 0) is 0 Å². The van der Waals surface area contributed by atoms with Crippen molar-refractivity contribution >= 4 is 0 Å². The fourth-order valence-corrected chi connectivity index (χ4v) is 2.35. The molecule has 0 fully saturated rings. The Morgan fingerprint density at radius 3 is 2.31 bits per heavy atom. The third-order valence-electron chi connectivity index (χ3n) is 3.12. The molecular weight excluding hydrogens is 194 g/mol. The first-order valence-corrected chi connectivity index (χ1v) is 5.85. The van der Waals surface area contributed by atoms with Crippen molar-refractivity contribution in [2.75, 3.05) is 0 Å². The van der Waals surface area contributed by atoms with Crippen molar-refractivity contribution in [2.24, 2.45) is 0 Å². The quantitative estimate of drug-likeness (QED) is 0.760. The Bertz CT molecular complexity index is 492. The van der Waals surface area contributed by atoms with E-state index in [-0.39, 0.29) is 0 Å². The van der Waals surface area contributed by atoms with Gasteiger partial charge in [-0.3, -0.25) is 0 Å². The third kappa shape index (κ3) is 1.78. The SMILES string of the molecule is Cc1ccccc1-c1[nH]cc(C)c1C(C)C. The van der Waals surface area contributed by atoms with Crippen molar-refractivity contribution in [3.8, 4) is 11.3 Å². The normalized spacial score (nSPS) is 11.1. The number of benzene rings is 1. The lowest BCUT2D eigenvalue weighted by Crippen LogP contribution is -1.93. The van der Waals surface area contributed by atoms with E-state index in [0.717, 1.165) is 0 Å². The Kier molecular flexibility index (Phi) is 2.86. The largest absolute Gasteiger partial charge is 0.361 e. The number of nitrogens with one attached hydrogen (secondary N) is 1. The average molecular weight is 213 g/mol. The molecule has 2 aromatic rings. The minimum atomic E-state index is 0.556. The van der Waals surface area contributed by atoms with Crippen LogP contribution in [0.4, 0.5) is 0 Å². The topological polar surface area (TPSA) is 15.8 Å². The summed E-state index contributed by atoms with van der Waals surface area (Å²) in [6.45, 7) is 8.83. The second-order valence-corrected chi connectivity index (χ2v) is 4.73. The number of aryl methyl sites for hydroxylation is 2. The van der Waals surface area contributed by atoms with E-state index in [1.807, 2.05) is 0 Å². The highest BCUT2D eigenvalue weighted by Crippen LogP contribution is 2.32. The summed E-state index contributed by atoms with van der Waals surface area (Å²) >= 11 is 0. The van der Waals surface area contributed by atoms with Crippen molar-refractivity contribution in [1.82, 2.24) is 4.98 Å². The van der Waals surface area contributed by atoms with Gasteiger partial charge in [0, 0.05) is 17.5 Å². The molecule has 0 spiro atoms. The summed E-state index contributed by atoms with van der Waals surface area (Å²) in [6.07, 6.45) is 2.11. The third-order valence-corrected chi connectivity index (χ3v) is 3.12. The predicted molar refractivity (Wildman–Crippen MR) is 69.8 cm³/mol. The molecule has 84 valence electrons. The molecule has 1 heterocycles. The first kappa shape index (κ1) is 11.0. The molecule has 0 unspecified atom stereocenters. The second kappa shape index (κ2) is 4.17. The van der Waals surface area contributed by atoms with Crippen LogP contribution in [0.1, 0.15) is 36.5 Å². The summed E-state index contributed by atoms with van der Waals surface area (Å²) in [5, 5.41) is 0. The first-order chi connectivity index (χ1) is 7.61. The summed E-state index contributed by atoms with van der Waals surface area (Å²) < 4.78 is 0. The molecule has 0 amide bonds. The van der Waals surface area contributed by atoms with Gasteiger partial charge in [-0.05, 0) is 36.5 Å². The number of hydrogen-bond donors (Lipinski definition) is 1. The Morgan fingerprint density at radius 2 is 1.69 bits per heavy atom. The molecule has 16 heavy (non-hydrogen) atoms. The van der Waals surface area contributed by atoms with Crippen LogP contribution in [0.5, 0.6) is 0 Å². The van der Waals surface area contributed by atoms with Gasteiger partial charge < -0.3 is 4.98 Å². The van der Waals surface area contributed by atoms with Crippen LogP contribution < -0.4 is 0 Å². The van der Waals surface area contributed by atoms with Crippen LogP contribution in [-0.4, -0.2) is 4.98 Å². The summed E-state index contributed by atoms with van der Waals surface area (Å²) in [5.41, 5.74) is 6.72. The number of aromatic amines is 1. The van der Waals surface area contributed by atoms with E-state index in [4.69, 9.17) is 0 Å². The lowest BCUT2D eigenvalue weighted by atomic mass is 9.94. The zero-order valence-electron chi connectivity index (χ0n) is 10.5. The van der Waals surface area contributed by atoms with Gasteiger partial charge in [0.15, 0.2) is 0 Å². The monoisotopic (exact) mass is 213 g/mol. The molecule has 1 heteroatoms. The molecule has 1 N–H and O–H groups in total. The Labute approximate surface area is 97.5 Å². The lowest BCUT2D eigenvalue weighted by Gasteiger charge is -2.11. The van der Waals surface area contributed by atoms with E-state index in [0.29, 0.717) is 5.92 Å². The van der Waals surface area contributed by atoms with Crippen molar-refractivity contribution in [1.29, 1.82) is 0 Å². The van der Waals surface area contributed by atoms with Crippen LogP contribution >= 0.6 is 0 Å². The minimum absolute atomic E-state index is 0.556. The average Bonchev–Trinajstić information content (AvgIpc) is 2.61. The van der Waals surface area contributed by atoms with Gasteiger partial charge in [0.2, 0.25) is 0 Å². The van der Waals surface area contributed by atoms with Gasteiger partial charge in [0.05, 0.1) is 0 Å². The summed E-state index contributed by atoms with van der Waals surface area (Å²) in [4.78, 5) is 3.41. The molecule has 1 aromatic carbocycles. The van der Waals surface area contributed by atoms with Crippen molar-refractivity contribution in [3.05, 3.63) is 47.2 Å². The summed E-state index contributed by atoms with van der Waals surface area (Å²) in [7, 11) is 0. The van der Waals surface area contributed by atoms with Crippen molar-refractivity contribution < 1.29 is 0 Å². The van der Waals surface area contributed by atoms with Crippen molar-refractivity contribution in [2.45, 2.75) is 33.6 Å². The second-order valence-electron chi connectivity index (χ2n) is 4.73. The molecule has 0 radical (unpaired) electrons. The van der Waals surface area contributed by atoms with E-state index in [9.17, 15) is 0 Å². The zero-order valence-corrected chi connectivity index (χ0v) is 10.5. The molecule has 0 bridgehead atoms. The Balaban J connectivity index is 2.61. The van der Waals surface area contributed by atoms with Crippen LogP contribution in [0.2, 0.25) is 0 Å². The smallest absolute Gasteiger partial charge is 0.0494 e. The molecule has 0 saturated carbocycles. The molecule has 0 atom stereocenters. The predicted octanol–water partition coefficient (Wildman–Crippen LogP) is 4.42. The number of rotatable bonds is 2. The molecule has 1 nitrogen and oxygen atoms in total. The van der Waals surface area contributed by atoms with Gasteiger partial charge in [-0.2, -0.15) is 0 Å². The van der Waals surface area contributed by atoms with Crippen LogP contribution in [0.3, 0.4) is 0 Å². The fourth-order valence-electron chi connectivity index (χ4n) is 2.35. The molecule has 2 rings (SSSR count). The molecule has 0 aliphatic rings. The molecule has 0 aliphatic carbocycles. The highest BCUT2D eigenvalue weighted by Gasteiger charge is 2.14. The molecule has 0 saturated heterocycles. The van der Waals surface area contributed by atoms with Gasteiger partial charge >= 0.3 is 0 Å². The number of aromatic nitrogens is 1. The molecular formula is C15H19N. The maximum absolute atomic E-state index is 3.41. The summed E-state index contributed by atoms with van der Waals surface area (Å²) in [6, 6.07) is 8.54. The lowest BCUT2D eigenvalue weighted by molar-refractivity contribution is 0.862. The molecule has 1 aromatic heterocycles. The number of hydrogen-bond acceptors (Lipinski definition) is 0. The van der Waals surface area contributed by atoms with E-state index in [1.54, 1.807) is 0 Å². The summed E-state index contributed by atoms with van der Waals surface area (Å²) in [5.74, 6) is 0.556. The van der Waals surface area contributed by atoms with E-state index in [2.05, 4.69) is 63.1 Å². The highest BCUT2D eigenvalue weighted by molar-refractivity contribution is 5.69. The Morgan fingerprint density at radius 1 is 1.00 bits per heavy atom.